The molecule has 1 aliphatic heterocycles. The summed E-state index contributed by atoms with van der Waals surface area (Å²) < 4.78 is 0. The molecule has 1 aliphatic rings. The monoisotopic (exact) mass is 539 g/mol. The number of hydrogen-bond donors (Lipinski definition) is 6. The molecule has 12 nitrogen and oxygen atoms in total. The molecule has 1 heterocycles. The Labute approximate surface area is 225 Å². The number of rotatable bonds is 12. The molecule has 3 rings (SSSR count). The standard InChI is InChI=1S/C27H33N5O7/c28-19(13-16-5-2-1-3-6-16)24(35)30-20(15-23(29)34)26(37)32-12-4-7-22(32)25(36)31-21(27(38)39)14-17-8-10-18(33)11-9-17/h1-3,5-6,8-11,19-22,33H,4,7,12-15,28H2,(H2,29,34)(H,30,35)(H,31,36)(H,38,39). The van der Waals surface area contributed by atoms with Gasteiger partial charge in [0.25, 0.3) is 0 Å². The fourth-order valence-corrected chi connectivity index (χ4v) is 4.48. The lowest BCUT2D eigenvalue weighted by Crippen LogP contribution is -2.57. The Balaban J connectivity index is 1.68. The van der Waals surface area contributed by atoms with Crippen LogP contribution in [0.15, 0.2) is 54.6 Å². The number of nitrogens with zero attached hydrogens (tertiary/aromatic N) is 1. The number of aliphatic carboxylic acids is 1. The van der Waals surface area contributed by atoms with Gasteiger partial charge in [0.2, 0.25) is 23.6 Å². The second-order valence-corrected chi connectivity index (χ2v) is 9.49. The van der Waals surface area contributed by atoms with E-state index in [0.29, 0.717) is 12.0 Å². The van der Waals surface area contributed by atoms with E-state index in [9.17, 15) is 34.2 Å². The third-order valence-corrected chi connectivity index (χ3v) is 6.48. The highest BCUT2D eigenvalue weighted by Gasteiger charge is 2.39. The van der Waals surface area contributed by atoms with Gasteiger partial charge in [0.05, 0.1) is 12.5 Å². The number of phenols is 1. The van der Waals surface area contributed by atoms with Gasteiger partial charge in [0.1, 0.15) is 23.9 Å². The number of carbonyl (C=O) groups is 5. The van der Waals surface area contributed by atoms with E-state index in [1.54, 1.807) is 36.4 Å². The summed E-state index contributed by atoms with van der Waals surface area (Å²) in [6.45, 7) is 0.174. The highest BCUT2D eigenvalue weighted by atomic mass is 16.4. The zero-order valence-corrected chi connectivity index (χ0v) is 21.3. The van der Waals surface area contributed by atoms with Crippen LogP contribution in [0.3, 0.4) is 0 Å². The molecule has 1 fully saturated rings. The van der Waals surface area contributed by atoms with Crippen LogP contribution in [0.5, 0.6) is 5.75 Å². The Hall–Kier alpha value is -4.45. The Morgan fingerprint density at radius 2 is 1.56 bits per heavy atom. The lowest BCUT2D eigenvalue weighted by Gasteiger charge is -2.29. The summed E-state index contributed by atoms with van der Waals surface area (Å²) in [5.41, 5.74) is 12.7. The van der Waals surface area contributed by atoms with E-state index in [-0.39, 0.29) is 31.6 Å². The molecule has 208 valence electrons. The molecule has 4 atom stereocenters. The minimum Gasteiger partial charge on any atom is -0.508 e. The van der Waals surface area contributed by atoms with E-state index >= 15 is 0 Å². The quantitative estimate of drug-likeness (QED) is 0.205. The number of aromatic hydroxyl groups is 1. The zero-order valence-electron chi connectivity index (χ0n) is 21.3. The van der Waals surface area contributed by atoms with Crippen molar-refractivity contribution in [3.8, 4) is 5.75 Å². The largest absolute Gasteiger partial charge is 0.508 e. The third kappa shape index (κ3) is 8.27. The Morgan fingerprint density at radius 3 is 2.18 bits per heavy atom. The maximum atomic E-state index is 13.4. The molecule has 4 unspecified atom stereocenters. The second-order valence-electron chi connectivity index (χ2n) is 9.49. The normalized spacial score (nSPS) is 17.1. The molecule has 12 heteroatoms. The summed E-state index contributed by atoms with van der Waals surface area (Å²) in [7, 11) is 0. The summed E-state index contributed by atoms with van der Waals surface area (Å²) >= 11 is 0. The Morgan fingerprint density at radius 1 is 0.923 bits per heavy atom. The highest BCUT2D eigenvalue weighted by Crippen LogP contribution is 2.20. The van der Waals surface area contributed by atoms with Crippen LogP contribution in [0.1, 0.15) is 30.4 Å². The predicted octanol–water partition coefficient (Wildman–Crippen LogP) is -0.575. The molecule has 0 bridgehead atoms. The number of benzene rings is 2. The molecule has 0 radical (unpaired) electrons. The third-order valence-electron chi connectivity index (χ3n) is 6.48. The van der Waals surface area contributed by atoms with Crippen molar-refractivity contribution in [1.82, 2.24) is 15.5 Å². The molecule has 0 saturated carbocycles. The van der Waals surface area contributed by atoms with Gasteiger partial charge in [-0.2, -0.15) is 0 Å². The van der Waals surface area contributed by atoms with Crippen molar-refractivity contribution in [2.45, 2.75) is 56.3 Å². The van der Waals surface area contributed by atoms with Crippen molar-refractivity contribution in [1.29, 1.82) is 0 Å². The summed E-state index contributed by atoms with van der Waals surface area (Å²) in [4.78, 5) is 64.0. The van der Waals surface area contributed by atoms with E-state index in [2.05, 4.69) is 10.6 Å². The molecule has 2 aromatic carbocycles. The number of phenolic OH excluding ortho intramolecular Hbond substituents is 1. The molecule has 1 saturated heterocycles. The van der Waals surface area contributed by atoms with Crippen LogP contribution in [-0.2, 0) is 36.8 Å². The minimum absolute atomic E-state index is 0.0217. The lowest BCUT2D eigenvalue weighted by molar-refractivity contribution is -0.145. The first-order chi connectivity index (χ1) is 18.5. The van der Waals surface area contributed by atoms with Crippen LogP contribution in [0.2, 0.25) is 0 Å². The van der Waals surface area contributed by atoms with E-state index in [1.807, 2.05) is 6.07 Å². The van der Waals surface area contributed by atoms with Crippen molar-refractivity contribution < 1.29 is 34.2 Å². The summed E-state index contributed by atoms with van der Waals surface area (Å²) in [6, 6.07) is 10.3. The topological polar surface area (TPSA) is 205 Å². The van der Waals surface area contributed by atoms with Gasteiger partial charge in [-0.3, -0.25) is 19.2 Å². The molecule has 0 aromatic heterocycles. The average Bonchev–Trinajstić information content (AvgIpc) is 3.39. The van der Waals surface area contributed by atoms with E-state index in [4.69, 9.17) is 11.5 Å². The number of carbonyl (C=O) groups excluding carboxylic acids is 4. The lowest BCUT2D eigenvalue weighted by atomic mass is 10.0. The number of amides is 4. The van der Waals surface area contributed by atoms with Crippen molar-refractivity contribution in [2.24, 2.45) is 11.5 Å². The first-order valence-corrected chi connectivity index (χ1v) is 12.5. The zero-order chi connectivity index (χ0) is 28.5. The van der Waals surface area contributed by atoms with Crippen molar-refractivity contribution >= 4 is 29.6 Å². The van der Waals surface area contributed by atoms with Gasteiger partial charge in [-0.15, -0.1) is 0 Å². The van der Waals surface area contributed by atoms with E-state index in [1.165, 1.54) is 17.0 Å². The smallest absolute Gasteiger partial charge is 0.326 e. The molecule has 0 spiro atoms. The van der Waals surface area contributed by atoms with Crippen LogP contribution < -0.4 is 22.1 Å². The Kier molecular flexibility index (Phi) is 9.98. The minimum atomic E-state index is -1.34. The van der Waals surface area contributed by atoms with Crippen molar-refractivity contribution in [3.63, 3.8) is 0 Å². The van der Waals surface area contributed by atoms with Crippen molar-refractivity contribution in [3.05, 3.63) is 65.7 Å². The molecule has 4 amide bonds. The average molecular weight is 540 g/mol. The Bertz CT molecular complexity index is 1190. The second kappa shape index (κ2) is 13.4. The summed E-state index contributed by atoms with van der Waals surface area (Å²) in [5, 5.41) is 24.1. The number of primary amides is 1. The van der Waals surface area contributed by atoms with Crippen LogP contribution in [0.4, 0.5) is 0 Å². The number of nitrogens with two attached hydrogens (primary N) is 2. The van der Waals surface area contributed by atoms with Gasteiger partial charge >= 0.3 is 5.97 Å². The van der Waals surface area contributed by atoms with Gasteiger partial charge in [-0.1, -0.05) is 42.5 Å². The SMILES string of the molecule is NC(=O)CC(NC(=O)C(N)Cc1ccccc1)C(=O)N1CCCC1C(=O)NC(Cc1ccc(O)cc1)C(=O)O. The van der Waals surface area contributed by atoms with Crippen LogP contribution >= 0.6 is 0 Å². The van der Waals surface area contributed by atoms with Gasteiger partial charge in [-0.25, -0.2) is 4.79 Å². The van der Waals surface area contributed by atoms with Crippen LogP contribution in [0, 0.1) is 0 Å². The van der Waals surface area contributed by atoms with Crippen LogP contribution in [0.25, 0.3) is 0 Å². The number of likely N-dealkylation sites (tertiary alicyclic amines) is 1. The van der Waals surface area contributed by atoms with E-state index in [0.717, 1.165) is 5.56 Å². The number of carboxylic acids is 1. The molecular formula is C27H33N5O7. The van der Waals surface area contributed by atoms with Gasteiger partial charge in [0, 0.05) is 13.0 Å². The molecule has 0 aliphatic carbocycles. The first kappa shape index (κ1) is 29.1. The first-order valence-electron chi connectivity index (χ1n) is 12.5. The molecule has 39 heavy (non-hydrogen) atoms. The van der Waals surface area contributed by atoms with Gasteiger partial charge in [0.15, 0.2) is 0 Å². The summed E-state index contributed by atoms with van der Waals surface area (Å²) in [6.07, 6.45) is 0.405. The van der Waals surface area contributed by atoms with Gasteiger partial charge < -0.3 is 37.2 Å². The predicted molar refractivity (Wildman–Crippen MR) is 140 cm³/mol. The maximum Gasteiger partial charge on any atom is 0.326 e. The molecule has 2 aromatic rings. The highest BCUT2D eigenvalue weighted by molar-refractivity contribution is 5.96. The maximum absolute atomic E-state index is 13.4. The van der Waals surface area contributed by atoms with Crippen LogP contribution in [-0.4, -0.2) is 75.4 Å². The molecular weight excluding hydrogens is 506 g/mol. The number of nitrogens with one attached hydrogen (secondary N) is 2. The van der Waals surface area contributed by atoms with E-state index < -0.39 is 60.2 Å². The fourth-order valence-electron chi connectivity index (χ4n) is 4.48. The van der Waals surface area contributed by atoms with Gasteiger partial charge in [-0.05, 0) is 42.5 Å². The van der Waals surface area contributed by atoms with Crippen molar-refractivity contribution in [2.75, 3.05) is 6.54 Å². The summed E-state index contributed by atoms with van der Waals surface area (Å²) in [5.74, 6) is -4.08. The number of carboxylic acid groups (broad SMARTS) is 1. The molecule has 8 N–H and O–H groups in total. The fraction of sp³-hybridized carbons (Fsp3) is 0.370. The number of hydrogen-bond acceptors (Lipinski definition) is 7.